The molecule has 0 spiro atoms. The van der Waals surface area contributed by atoms with Crippen molar-refractivity contribution in [3.63, 3.8) is 0 Å². The molecule has 0 aliphatic heterocycles. The maximum absolute atomic E-state index is 12.0. The van der Waals surface area contributed by atoms with Gasteiger partial charge in [-0.15, -0.1) is 10.2 Å². The van der Waals surface area contributed by atoms with Crippen molar-refractivity contribution in [1.29, 1.82) is 0 Å². The summed E-state index contributed by atoms with van der Waals surface area (Å²) in [5, 5.41) is 37.6. The van der Waals surface area contributed by atoms with Crippen LogP contribution in [0.25, 0.3) is 10.8 Å². The van der Waals surface area contributed by atoms with Crippen molar-refractivity contribution in [2.45, 2.75) is 4.90 Å². The quantitative estimate of drug-likeness (QED) is 0.0948. The number of fused-ring (bicyclic) bond motifs is 1. The van der Waals surface area contributed by atoms with Crippen LogP contribution in [0, 0.1) is 10.1 Å². The van der Waals surface area contributed by atoms with Gasteiger partial charge in [-0.25, -0.2) is 0 Å². The van der Waals surface area contributed by atoms with Crippen molar-refractivity contribution in [2.24, 2.45) is 20.5 Å². The Morgan fingerprint density at radius 1 is 0.857 bits per heavy atom. The van der Waals surface area contributed by atoms with Crippen LogP contribution in [0.3, 0.4) is 0 Å². The van der Waals surface area contributed by atoms with Gasteiger partial charge < -0.3 is 10.8 Å². The molecule has 0 aliphatic rings. The summed E-state index contributed by atoms with van der Waals surface area (Å²) in [6.45, 7) is 0. The van der Waals surface area contributed by atoms with Gasteiger partial charge in [0.1, 0.15) is 16.3 Å². The Balaban J connectivity index is 1.84. The number of rotatable bonds is 6. The van der Waals surface area contributed by atoms with Crippen LogP contribution in [-0.2, 0) is 10.1 Å². The number of nitrogens with two attached hydrogens (primary N) is 1. The molecule has 12 nitrogen and oxygen atoms in total. The summed E-state index contributed by atoms with van der Waals surface area (Å²) in [5.41, 5.74) is 6.05. The summed E-state index contributed by atoms with van der Waals surface area (Å²) < 4.78 is 33.8. The summed E-state index contributed by atoms with van der Waals surface area (Å²) >= 11 is 0. The highest BCUT2D eigenvalue weighted by Crippen LogP contribution is 2.45. The first-order valence-corrected chi connectivity index (χ1v) is 11.3. The van der Waals surface area contributed by atoms with Crippen LogP contribution in [0.4, 0.5) is 34.1 Å². The molecule has 0 amide bonds. The van der Waals surface area contributed by atoms with Gasteiger partial charge in [0.15, 0.2) is 5.75 Å². The van der Waals surface area contributed by atoms with E-state index in [1.165, 1.54) is 36.4 Å². The molecule has 4 N–H and O–H groups in total. The van der Waals surface area contributed by atoms with Crippen molar-refractivity contribution in [2.75, 3.05) is 5.73 Å². The lowest BCUT2D eigenvalue weighted by molar-refractivity contribution is -0.384. The SMILES string of the molecule is Nc1c(/N=N/c2ccc([N+](=O)[O-])cc2)c(S(=O)(=O)O)cc2ccc(/N=N/c3ccccc3)c(O)c12. The highest BCUT2D eigenvalue weighted by atomic mass is 32.2. The maximum Gasteiger partial charge on any atom is 0.296 e. The minimum absolute atomic E-state index is 0.0274. The first-order valence-electron chi connectivity index (χ1n) is 9.84. The second-order valence-electron chi connectivity index (χ2n) is 7.15. The average molecular weight is 492 g/mol. The standard InChI is InChI=1S/C22H16N6O6S/c23-20-19-13(6-11-17(22(19)29)26-24-14-4-2-1-3-5-14)12-18(35(32,33)34)21(20)27-25-15-7-9-16(10-8-15)28(30)31/h1-12,29H,23H2,(H,32,33,34)/b26-24+,27-25+. The van der Waals surface area contributed by atoms with E-state index in [2.05, 4.69) is 20.5 Å². The Hall–Kier alpha value is -4.75. The molecule has 13 heteroatoms. The molecule has 0 fully saturated rings. The van der Waals surface area contributed by atoms with Gasteiger partial charge in [0, 0.05) is 12.1 Å². The predicted octanol–water partition coefficient (Wildman–Crippen LogP) is 6.11. The highest BCUT2D eigenvalue weighted by molar-refractivity contribution is 7.86. The minimum atomic E-state index is -4.79. The number of nitrogen functional groups attached to an aromatic ring is 1. The number of aromatic hydroxyl groups is 1. The largest absolute Gasteiger partial charge is 0.505 e. The van der Waals surface area contributed by atoms with Gasteiger partial charge in [-0.1, -0.05) is 24.3 Å². The van der Waals surface area contributed by atoms with Crippen LogP contribution in [0.1, 0.15) is 0 Å². The van der Waals surface area contributed by atoms with Crippen LogP contribution in [0.5, 0.6) is 5.75 Å². The third kappa shape index (κ3) is 4.95. The van der Waals surface area contributed by atoms with Gasteiger partial charge in [0.05, 0.1) is 27.4 Å². The Bertz CT molecular complexity index is 1600. The zero-order valence-corrected chi connectivity index (χ0v) is 18.5. The van der Waals surface area contributed by atoms with Gasteiger partial charge in [-0.05, 0) is 41.8 Å². The number of nitrogens with zero attached hydrogens (tertiary/aromatic N) is 5. The molecule has 0 radical (unpaired) electrons. The predicted molar refractivity (Wildman–Crippen MR) is 128 cm³/mol. The van der Waals surface area contributed by atoms with E-state index in [9.17, 15) is 28.2 Å². The van der Waals surface area contributed by atoms with Gasteiger partial charge in [0.2, 0.25) is 0 Å². The zero-order chi connectivity index (χ0) is 25.2. The number of nitro benzene ring substituents is 1. The van der Waals surface area contributed by atoms with Crippen molar-refractivity contribution >= 4 is 55.0 Å². The molecular formula is C22H16N6O6S. The maximum atomic E-state index is 12.0. The number of benzene rings is 4. The molecule has 4 aromatic carbocycles. The van der Waals surface area contributed by atoms with E-state index in [0.29, 0.717) is 5.69 Å². The van der Waals surface area contributed by atoms with E-state index in [1.54, 1.807) is 24.3 Å². The normalized spacial score (nSPS) is 12.0. The van der Waals surface area contributed by atoms with E-state index in [0.717, 1.165) is 6.07 Å². The molecule has 0 aromatic heterocycles. The number of anilines is 1. The van der Waals surface area contributed by atoms with Gasteiger partial charge in [-0.2, -0.15) is 18.6 Å². The van der Waals surface area contributed by atoms with Crippen LogP contribution in [0.15, 0.2) is 98.1 Å². The van der Waals surface area contributed by atoms with E-state index in [1.807, 2.05) is 6.07 Å². The first-order chi connectivity index (χ1) is 16.6. The molecule has 0 bridgehead atoms. The number of phenols is 1. The first kappa shape index (κ1) is 23.4. The molecule has 35 heavy (non-hydrogen) atoms. The summed E-state index contributed by atoms with van der Waals surface area (Å²) in [7, 11) is -4.79. The van der Waals surface area contributed by atoms with Crippen LogP contribution in [-0.4, -0.2) is 23.0 Å². The third-order valence-electron chi connectivity index (χ3n) is 4.87. The number of azo groups is 2. The van der Waals surface area contributed by atoms with Gasteiger partial charge in [0.25, 0.3) is 15.8 Å². The molecule has 0 saturated carbocycles. The molecule has 4 aromatic rings. The van der Waals surface area contributed by atoms with Crippen molar-refractivity contribution in [3.05, 3.63) is 82.9 Å². The number of hydrogen-bond donors (Lipinski definition) is 3. The Morgan fingerprint density at radius 2 is 1.49 bits per heavy atom. The van der Waals surface area contributed by atoms with Crippen LogP contribution in [0.2, 0.25) is 0 Å². The monoisotopic (exact) mass is 492 g/mol. The number of hydrogen-bond acceptors (Lipinski definition) is 10. The van der Waals surface area contributed by atoms with Gasteiger partial charge >= 0.3 is 0 Å². The molecule has 0 aliphatic carbocycles. The Kier molecular flexibility index (Phi) is 6.18. The molecule has 0 unspecified atom stereocenters. The molecule has 0 heterocycles. The third-order valence-corrected chi connectivity index (χ3v) is 5.73. The summed E-state index contributed by atoms with van der Waals surface area (Å²) in [5.74, 6) is -0.381. The van der Waals surface area contributed by atoms with E-state index in [-0.39, 0.29) is 39.3 Å². The second kappa shape index (κ2) is 9.24. The van der Waals surface area contributed by atoms with E-state index < -0.39 is 25.6 Å². The lowest BCUT2D eigenvalue weighted by Crippen LogP contribution is -2.01. The fourth-order valence-electron chi connectivity index (χ4n) is 3.20. The van der Waals surface area contributed by atoms with Crippen LogP contribution < -0.4 is 5.73 Å². The summed E-state index contributed by atoms with van der Waals surface area (Å²) in [4.78, 5) is 9.58. The second-order valence-corrected chi connectivity index (χ2v) is 8.54. The fourth-order valence-corrected chi connectivity index (χ4v) is 3.87. The fraction of sp³-hybridized carbons (Fsp3) is 0. The number of nitro groups is 1. The zero-order valence-electron chi connectivity index (χ0n) is 17.7. The lowest BCUT2D eigenvalue weighted by Gasteiger charge is -2.12. The topological polar surface area (TPSA) is 193 Å². The molecule has 0 saturated heterocycles. The van der Waals surface area contributed by atoms with E-state index >= 15 is 0 Å². The van der Waals surface area contributed by atoms with Crippen molar-refractivity contribution < 1.29 is 23.0 Å². The molecule has 176 valence electrons. The van der Waals surface area contributed by atoms with Crippen molar-refractivity contribution in [3.8, 4) is 5.75 Å². The smallest absolute Gasteiger partial charge is 0.296 e. The molecule has 4 rings (SSSR count). The van der Waals surface area contributed by atoms with E-state index in [4.69, 9.17) is 5.73 Å². The Morgan fingerprint density at radius 3 is 2.11 bits per heavy atom. The van der Waals surface area contributed by atoms with Crippen molar-refractivity contribution in [1.82, 2.24) is 0 Å². The average Bonchev–Trinajstić information content (AvgIpc) is 2.83. The van der Waals surface area contributed by atoms with Gasteiger partial charge in [-0.3, -0.25) is 14.7 Å². The van der Waals surface area contributed by atoms with Crippen LogP contribution >= 0.6 is 0 Å². The Labute approximate surface area is 198 Å². The minimum Gasteiger partial charge on any atom is -0.505 e. The number of non-ortho nitro benzene ring substituents is 1. The summed E-state index contributed by atoms with van der Waals surface area (Å²) in [6, 6.07) is 17.7. The lowest BCUT2D eigenvalue weighted by atomic mass is 10.1. The highest BCUT2D eigenvalue weighted by Gasteiger charge is 2.23. The molecular weight excluding hydrogens is 476 g/mol. The summed E-state index contributed by atoms with van der Waals surface area (Å²) in [6.07, 6.45) is 0. The molecule has 0 atom stereocenters. The number of phenolic OH excluding ortho intramolecular Hbond substituents is 1.